The molecule has 0 saturated heterocycles. The van der Waals surface area contributed by atoms with Crippen molar-refractivity contribution in [3.63, 3.8) is 0 Å². The summed E-state index contributed by atoms with van der Waals surface area (Å²) in [6.45, 7) is 0.855. The Balaban J connectivity index is 1.84. The number of hydrogen-bond acceptors (Lipinski definition) is 4. The van der Waals surface area contributed by atoms with Gasteiger partial charge in [-0.3, -0.25) is 9.78 Å². The van der Waals surface area contributed by atoms with Crippen molar-refractivity contribution in [2.45, 2.75) is 19.3 Å². The van der Waals surface area contributed by atoms with Crippen molar-refractivity contribution in [3.05, 3.63) is 28.6 Å². The van der Waals surface area contributed by atoms with Gasteiger partial charge in [-0.25, -0.2) is 4.98 Å². The van der Waals surface area contributed by atoms with Crippen LogP contribution in [0.3, 0.4) is 0 Å². The van der Waals surface area contributed by atoms with E-state index in [1.165, 1.54) is 12.8 Å². The number of aromatic nitrogens is 2. The molecule has 0 bridgehead atoms. The molecule has 5 heteroatoms. The Kier molecular flexibility index (Phi) is 2.66. The number of rotatable bonds is 4. The average Bonchev–Trinajstić information content (AvgIpc) is 3.14. The average molecular weight is 244 g/mol. The smallest absolute Gasteiger partial charge is 0.260 e. The number of hydrogen-bond donors (Lipinski definition) is 3. The van der Waals surface area contributed by atoms with Gasteiger partial charge >= 0.3 is 0 Å². The van der Waals surface area contributed by atoms with Gasteiger partial charge in [-0.1, -0.05) is 12.8 Å². The quantitative estimate of drug-likeness (QED) is 0.715. The Hall–Kier alpha value is -2.04. The first-order chi connectivity index (χ1) is 8.72. The minimum absolute atomic E-state index is 0.152. The molecule has 1 aliphatic carbocycles. The zero-order valence-corrected chi connectivity index (χ0v) is 10.1. The Labute approximate surface area is 104 Å². The first-order valence-corrected chi connectivity index (χ1v) is 6.26. The molecule has 0 radical (unpaired) electrons. The molecule has 1 aromatic heterocycles. The van der Waals surface area contributed by atoms with Crippen molar-refractivity contribution in [2.75, 3.05) is 17.6 Å². The third-order valence-corrected chi connectivity index (χ3v) is 3.27. The molecule has 0 atom stereocenters. The van der Waals surface area contributed by atoms with Crippen molar-refractivity contribution in [2.24, 2.45) is 5.92 Å². The van der Waals surface area contributed by atoms with E-state index in [9.17, 15) is 4.79 Å². The maximum absolute atomic E-state index is 11.9. The molecule has 0 spiro atoms. The molecule has 1 saturated carbocycles. The summed E-state index contributed by atoms with van der Waals surface area (Å²) in [5, 5.41) is 3.70. The zero-order valence-electron chi connectivity index (χ0n) is 10.1. The van der Waals surface area contributed by atoms with E-state index in [0.717, 1.165) is 18.9 Å². The molecule has 0 unspecified atom stereocenters. The molecule has 94 valence electrons. The van der Waals surface area contributed by atoms with Gasteiger partial charge < -0.3 is 11.1 Å². The topological polar surface area (TPSA) is 83.8 Å². The van der Waals surface area contributed by atoms with E-state index < -0.39 is 0 Å². The summed E-state index contributed by atoms with van der Waals surface area (Å²) < 4.78 is 0. The van der Waals surface area contributed by atoms with E-state index >= 15 is 0 Å². The van der Waals surface area contributed by atoms with Crippen LogP contribution in [0.5, 0.6) is 0 Å². The second-order valence-electron chi connectivity index (χ2n) is 4.85. The van der Waals surface area contributed by atoms with Crippen molar-refractivity contribution in [1.82, 2.24) is 9.97 Å². The van der Waals surface area contributed by atoms with E-state index in [0.29, 0.717) is 22.5 Å². The van der Waals surface area contributed by atoms with Gasteiger partial charge in [0.1, 0.15) is 0 Å². The summed E-state index contributed by atoms with van der Waals surface area (Å²) in [5.74, 6) is 1.40. The number of aromatic amines is 1. The number of benzene rings is 1. The Morgan fingerprint density at radius 1 is 1.44 bits per heavy atom. The van der Waals surface area contributed by atoms with Crippen LogP contribution in [0.2, 0.25) is 0 Å². The van der Waals surface area contributed by atoms with Crippen LogP contribution in [0.15, 0.2) is 23.0 Å². The summed E-state index contributed by atoms with van der Waals surface area (Å²) in [7, 11) is 0. The van der Waals surface area contributed by atoms with Gasteiger partial charge in [0.2, 0.25) is 5.95 Å². The first-order valence-electron chi connectivity index (χ1n) is 6.26. The second-order valence-corrected chi connectivity index (χ2v) is 4.85. The lowest BCUT2D eigenvalue weighted by molar-refractivity contribution is 0.756. The van der Waals surface area contributed by atoms with Crippen LogP contribution < -0.4 is 16.6 Å². The van der Waals surface area contributed by atoms with Crippen LogP contribution in [-0.2, 0) is 0 Å². The number of fused-ring (bicyclic) bond motifs is 1. The van der Waals surface area contributed by atoms with Gasteiger partial charge in [0.15, 0.2) is 0 Å². The minimum Gasteiger partial charge on any atom is -0.399 e. The fourth-order valence-corrected chi connectivity index (χ4v) is 2.04. The van der Waals surface area contributed by atoms with Gasteiger partial charge in [0.25, 0.3) is 5.56 Å². The highest BCUT2D eigenvalue weighted by molar-refractivity contribution is 5.81. The molecule has 1 aliphatic rings. The molecule has 1 heterocycles. The maximum Gasteiger partial charge on any atom is 0.260 e. The molecule has 0 aliphatic heterocycles. The molecule has 0 amide bonds. The van der Waals surface area contributed by atoms with Crippen molar-refractivity contribution >= 4 is 22.5 Å². The van der Waals surface area contributed by atoms with Gasteiger partial charge in [-0.15, -0.1) is 0 Å². The number of H-pyrrole nitrogens is 1. The third kappa shape index (κ3) is 2.30. The van der Waals surface area contributed by atoms with Gasteiger partial charge in [0.05, 0.1) is 10.9 Å². The normalized spacial score (nSPS) is 14.9. The molecule has 2 aromatic rings. The summed E-state index contributed by atoms with van der Waals surface area (Å²) in [5.41, 5.74) is 6.75. The van der Waals surface area contributed by atoms with Crippen LogP contribution in [0.25, 0.3) is 10.9 Å². The molecular weight excluding hydrogens is 228 g/mol. The molecule has 4 N–H and O–H groups in total. The number of anilines is 2. The van der Waals surface area contributed by atoms with Crippen LogP contribution in [0, 0.1) is 5.92 Å². The molecule has 1 aromatic carbocycles. The van der Waals surface area contributed by atoms with Crippen molar-refractivity contribution in [1.29, 1.82) is 0 Å². The summed E-state index contributed by atoms with van der Waals surface area (Å²) >= 11 is 0. The predicted molar refractivity (Wildman–Crippen MR) is 72.6 cm³/mol. The predicted octanol–water partition coefficient (Wildman–Crippen LogP) is 1.72. The lowest BCUT2D eigenvalue weighted by Gasteiger charge is -2.06. The van der Waals surface area contributed by atoms with E-state index in [1.54, 1.807) is 18.2 Å². The molecule has 18 heavy (non-hydrogen) atoms. The van der Waals surface area contributed by atoms with Crippen LogP contribution in [0.4, 0.5) is 11.6 Å². The highest BCUT2D eigenvalue weighted by Gasteiger charge is 2.20. The zero-order chi connectivity index (χ0) is 12.5. The van der Waals surface area contributed by atoms with E-state index in [2.05, 4.69) is 15.3 Å². The van der Waals surface area contributed by atoms with Crippen LogP contribution in [-0.4, -0.2) is 16.5 Å². The minimum atomic E-state index is -0.152. The number of nitrogens with one attached hydrogen (secondary N) is 2. The Bertz CT molecular complexity index is 630. The van der Waals surface area contributed by atoms with Crippen molar-refractivity contribution < 1.29 is 0 Å². The number of nitrogens with two attached hydrogens (primary N) is 1. The highest BCUT2D eigenvalue weighted by atomic mass is 16.1. The van der Waals surface area contributed by atoms with E-state index in [-0.39, 0.29) is 5.56 Å². The fraction of sp³-hybridized carbons (Fsp3) is 0.385. The summed E-state index contributed by atoms with van der Waals surface area (Å²) in [6, 6.07) is 5.17. The molecule has 5 nitrogen and oxygen atoms in total. The van der Waals surface area contributed by atoms with Gasteiger partial charge in [-0.05, 0) is 30.5 Å². The molecule has 1 fully saturated rings. The standard InChI is InChI=1S/C13H16N4O/c14-9-3-4-11-10(7-9)12(18)17-13(16-11)15-6-5-8-1-2-8/h3-4,7-8H,1-2,5-6,14H2,(H2,15,16,17,18). The molecule has 3 rings (SSSR count). The third-order valence-electron chi connectivity index (χ3n) is 3.27. The van der Waals surface area contributed by atoms with Crippen LogP contribution >= 0.6 is 0 Å². The van der Waals surface area contributed by atoms with E-state index in [4.69, 9.17) is 5.73 Å². The van der Waals surface area contributed by atoms with Gasteiger partial charge in [0, 0.05) is 12.2 Å². The lowest BCUT2D eigenvalue weighted by Crippen LogP contribution is -2.14. The Morgan fingerprint density at radius 2 is 2.28 bits per heavy atom. The molecular formula is C13H16N4O. The first kappa shape index (κ1) is 11.1. The highest BCUT2D eigenvalue weighted by Crippen LogP contribution is 2.31. The van der Waals surface area contributed by atoms with Gasteiger partial charge in [-0.2, -0.15) is 0 Å². The maximum atomic E-state index is 11.9. The number of nitrogen functional groups attached to an aromatic ring is 1. The van der Waals surface area contributed by atoms with Crippen molar-refractivity contribution in [3.8, 4) is 0 Å². The summed E-state index contributed by atoms with van der Waals surface area (Å²) in [4.78, 5) is 19.0. The lowest BCUT2D eigenvalue weighted by atomic mass is 10.2. The largest absolute Gasteiger partial charge is 0.399 e. The van der Waals surface area contributed by atoms with Crippen LogP contribution in [0.1, 0.15) is 19.3 Å². The second kappa shape index (κ2) is 4.33. The number of nitrogens with zero attached hydrogens (tertiary/aromatic N) is 1. The SMILES string of the molecule is Nc1ccc2nc(NCCC3CC3)[nH]c(=O)c2c1. The summed E-state index contributed by atoms with van der Waals surface area (Å²) in [6.07, 6.45) is 3.81. The Morgan fingerprint density at radius 3 is 3.06 bits per heavy atom. The van der Waals surface area contributed by atoms with E-state index in [1.807, 2.05) is 0 Å². The fourth-order valence-electron chi connectivity index (χ4n) is 2.04. The monoisotopic (exact) mass is 244 g/mol.